The number of carboxylic acids is 1. The molecule has 0 bridgehead atoms. The van der Waals surface area contributed by atoms with Crippen LogP contribution in [0.3, 0.4) is 0 Å². The van der Waals surface area contributed by atoms with E-state index in [0.29, 0.717) is 37.3 Å². The molecule has 0 radical (unpaired) electrons. The number of aromatic nitrogens is 3. The average Bonchev–Trinajstić information content (AvgIpc) is 2.81. The van der Waals surface area contributed by atoms with E-state index in [1.54, 1.807) is 0 Å². The summed E-state index contributed by atoms with van der Waals surface area (Å²) >= 11 is 0. The Balaban J connectivity index is 1.65. The smallest absolute Gasteiger partial charge is 0.306 e. The number of fused-ring (bicyclic) bond motifs is 1. The van der Waals surface area contributed by atoms with Crippen molar-refractivity contribution in [2.75, 3.05) is 23.3 Å². The minimum Gasteiger partial charge on any atom is -0.481 e. The van der Waals surface area contributed by atoms with Crippen molar-refractivity contribution in [3.05, 3.63) is 52.8 Å². The fourth-order valence-corrected chi connectivity index (χ4v) is 4.32. The molecule has 0 aliphatic carbocycles. The zero-order valence-corrected chi connectivity index (χ0v) is 18.5. The van der Waals surface area contributed by atoms with E-state index in [-0.39, 0.29) is 12.0 Å². The average molecular weight is 431 g/mol. The molecule has 1 aliphatic heterocycles. The van der Waals surface area contributed by atoms with Crippen molar-refractivity contribution in [2.45, 2.75) is 39.7 Å². The topological polar surface area (TPSA) is 115 Å². The van der Waals surface area contributed by atoms with Crippen LogP contribution in [0.15, 0.2) is 30.5 Å². The molecule has 0 spiro atoms. The van der Waals surface area contributed by atoms with Crippen molar-refractivity contribution in [3.63, 3.8) is 0 Å². The van der Waals surface area contributed by atoms with Gasteiger partial charge in [-0.1, -0.05) is 12.1 Å². The first-order chi connectivity index (χ1) is 15.4. The van der Waals surface area contributed by atoms with Gasteiger partial charge in [0.05, 0.1) is 29.3 Å². The van der Waals surface area contributed by atoms with E-state index in [1.807, 2.05) is 51.2 Å². The third-order valence-corrected chi connectivity index (χ3v) is 6.32. The zero-order valence-electron chi connectivity index (χ0n) is 18.5. The van der Waals surface area contributed by atoms with Crippen molar-refractivity contribution in [2.24, 2.45) is 5.92 Å². The minimum absolute atomic E-state index is 0.0774. The van der Waals surface area contributed by atoms with Gasteiger partial charge in [0.2, 0.25) is 0 Å². The van der Waals surface area contributed by atoms with Gasteiger partial charge in [0.15, 0.2) is 5.82 Å². The summed E-state index contributed by atoms with van der Waals surface area (Å²) in [6, 6.07) is 9.89. The van der Waals surface area contributed by atoms with Crippen LogP contribution in [0.1, 0.15) is 48.2 Å². The molecule has 3 heterocycles. The zero-order chi connectivity index (χ0) is 22.8. The number of carbonyl (C=O) groups is 1. The van der Waals surface area contributed by atoms with E-state index < -0.39 is 5.97 Å². The summed E-state index contributed by atoms with van der Waals surface area (Å²) in [7, 11) is 0. The van der Waals surface area contributed by atoms with Gasteiger partial charge in [-0.05, 0) is 56.9 Å². The largest absolute Gasteiger partial charge is 0.481 e. The minimum atomic E-state index is -0.724. The Labute approximate surface area is 186 Å². The van der Waals surface area contributed by atoms with Crippen LogP contribution in [0.25, 0.3) is 10.8 Å². The highest BCUT2D eigenvalue weighted by molar-refractivity contribution is 5.94. The number of hydrogen-bond acceptors (Lipinski definition) is 7. The van der Waals surface area contributed by atoms with Gasteiger partial charge in [-0.25, -0.2) is 4.98 Å². The Morgan fingerprint density at radius 2 is 2.00 bits per heavy atom. The van der Waals surface area contributed by atoms with Gasteiger partial charge in [0.25, 0.3) is 0 Å². The number of benzene rings is 1. The maximum atomic E-state index is 11.3. The summed E-state index contributed by atoms with van der Waals surface area (Å²) in [5.41, 5.74) is 3.43. The quantitative estimate of drug-likeness (QED) is 0.624. The van der Waals surface area contributed by atoms with Crippen LogP contribution in [-0.4, -0.2) is 39.3 Å². The number of aryl methyl sites for hydroxylation is 1. The summed E-state index contributed by atoms with van der Waals surface area (Å²) in [6.07, 6.45) is 3.04. The number of nitriles is 1. The van der Waals surface area contributed by atoms with Crippen LogP contribution >= 0.6 is 0 Å². The van der Waals surface area contributed by atoms with E-state index in [9.17, 15) is 15.2 Å². The van der Waals surface area contributed by atoms with Crippen molar-refractivity contribution in [1.29, 1.82) is 5.26 Å². The molecular formula is C24H26N6O2. The molecule has 1 fully saturated rings. The third-order valence-electron chi connectivity index (χ3n) is 6.32. The van der Waals surface area contributed by atoms with Crippen molar-refractivity contribution in [3.8, 4) is 6.07 Å². The molecule has 8 nitrogen and oxygen atoms in total. The number of aliphatic carboxylic acids is 1. The van der Waals surface area contributed by atoms with Gasteiger partial charge in [-0.15, -0.1) is 5.10 Å². The molecule has 8 heteroatoms. The summed E-state index contributed by atoms with van der Waals surface area (Å²) in [4.78, 5) is 18.0. The lowest BCUT2D eigenvalue weighted by molar-refractivity contribution is -0.142. The lowest BCUT2D eigenvalue weighted by atomic mass is 9.97. The van der Waals surface area contributed by atoms with Crippen molar-refractivity contribution < 1.29 is 9.90 Å². The normalized spacial score (nSPS) is 15.4. The van der Waals surface area contributed by atoms with E-state index in [2.05, 4.69) is 31.5 Å². The fraction of sp³-hybridized carbons (Fsp3) is 0.375. The predicted molar refractivity (Wildman–Crippen MR) is 123 cm³/mol. The first kappa shape index (κ1) is 21.5. The number of nitrogens with zero attached hydrogens (tertiary/aromatic N) is 5. The number of anilines is 2. The molecule has 164 valence electrons. The Bertz CT molecular complexity index is 1210. The molecule has 4 rings (SSSR count). The third kappa shape index (κ3) is 4.06. The van der Waals surface area contributed by atoms with Crippen LogP contribution in [-0.2, 0) is 4.79 Å². The van der Waals surface area contributed by atoms with Gasteiger partial charge < -0.3 is 15.3 Å². The first-order valence-corrected chi connectivity index (χ1v) is 10.8. The number of rotatable bonds is 5. The highest BCUT2D eigenvalue weighted by atomic mass is 16.4. The number of piperidine rings is 1. The maximum absolute atomic E-state index is 11.3. The van der Waals surface area contributed by atoms with E-state index in [1.165, 1.54) is 0 Å². The van der Waals surface area contributed by atoms with Gasteiger partial charge in [-0.3, -0.25) is 4.79 Å². The van der Waals surface area contributed by atoms with E-state index >= 15 is 0 Å². The lowest BCUT2D eigenvalue weighted by Gasteiger charge is -2.31. The number of carboxylic acid groups (broad SMARTS) is 1. The van der Waals surface area contributed by atoms with E-state index in [4.69, 9.17) is 0 Å². The number of nitrogens with one attached hydrogen (secondary N) is 1. The molecule has 0 saturated carbocycles. The molecular weight excluding hydrogens is 404 g/mol. The number of pyridine rings is 1. The summed E-state index contributed by atoms with van der Waals surface area (Å²) < 4.78 is 0. The summed E-state index contributed by atoms with van der Waals surface area (Å²) in [6.45, 7) is 7.21. The Morgan fingerprint density at radius 1 is 1.25 bits per heavy atom. The van der Waals surface area contributed by atoms with Crippen LogP contribution in [0, 0.1) is 31.1 Å². The van der Waals surface area contributed by atoms with Crippen molar-refractivity contribution >= 4 is 28.4 Å². The monoisotopic (exact) mass is 430 g/mol. The van der Waals surface area contributed by atoms with Crippen molar-refractivity contribution in [1.82, 2.24) is 15.2 Å². The Morgan fingerprint density at radius 3 is 2.69 bits per heavy atom. The first-order valence-electron chi connectivity index (χ1n) is 10.8. The molecule has 32 heavy (non-hydrogen) atoms. The van der Waals surface area contributed by atoms with Crippen LogP contribution in [0.4, 0.5) is 11.6 Å². The molecule has 2 aromatic heterocycles. The highest BCUT2D eigenvalue weighted by Gasteiger charge is 2.25. The molecule has 1 aliphatic rings. The fourth-order valence-electron chi connectivity index (χ4n) is 4.32. The highest BCUT2D eigenvalue weighted by Crippen LogP contribution is 2.31. The maximum Gasteiger partial charge on any atom is 0.306 e. The lowest BCUT2D eigenvalue weighted by Crippen LogP contribution is -2.36. The van der Waals surface area contributed by atoms with Gasteiger partial charge >= 0.3 is 5.97 Å². The number of hydrogen-bond donors (Lipinski definition) is 2. The molecule has 0 amide bonds. The van der Waals surface area contributed by atoms with Crippen LogP contribution < -0.4 is 10.2 Å². The molecule has 2 N–H and O–H groups in total. The van der Waals surface area contributed by atoms with Crippen LogP contribution in [0.5, 0.6) is 0 Å². The second kappa shape index (κ2) is 8.79. The standard InChI is InChI=1S/C24H26N6O2/c1-14-18(12-25)5-4-6-19(14)15(2)27-23-20-11-22(26-13-21(20)16(3)28-29-23)30-9-7-17(8-10-30)24(31)32/h4-6,11,13,15,17H,7-10H2,1-3H3,(H,27,29)(H,31,32)/t15-/m1/s1. The van der Waals surface area contributed by atoms with Gasteiger partial charge in [-0.2, -0.15) is 10.4 Å². The molecule has 1 saturated heterocycles. The molecule has 1 atom stereocenters. The SMILES string of the molecule is Cc1c(C#N)cccc1[C@@H](C)Nc1nnc(C)c2cnc(N3CCC(C(=O)O)CC3)cc12. The Hall–Kier alpha value is -3.73. The molecule has 1 aromatic carbocycles. The Kier molecular flexibility index (Phi) is 5.91. The van der Waals surface area contributed by atoms with Gasteiger partial charge in [0.1, 0.15) is 5.82 Å². The summed E-state index contributed by atoms with van der Waals surface area (Å²) in [5.74, 6) is 0.458. The second-order valence-corrected chi connectivity index (χ2v) is 8.32. The molecule has 0 unspecified atom stereocenters. The second-order valence-electron chi connectivity index (χ2n) is 8.32. The van der Waals surface area contributed by atoms with E-state index in [0.717, 1.165) is 33.4 Å². The van der Waals surface area contributed by atoms with Crippen LogP contribution in [0.2, 0.25) is 0 Å². The predicted octanol–water partition coefficient (Wildman–Crippen LogP) is 3.99. The molecule has 3 aromatic rings. The van der Waals surface area contributed by atoms with Gasteiger partial charge in [0, 0.05) is 30.1 Å². The summed E-state index contributed by atoms with van der Waals surface area (Å²) in [5, 5.41) is 32.6.